The highest BCUT2D eigenvalue weighted by Gasteiger charge is 2.39. The van der Waals surface area contributed by atoms with Crippen molar-refractivity contribution in [1.29, 1.82) is 0 Å². The molecule has 0 saturated heterocycles. The molecule has 120 valence electrons. The first-order chi connectivity index (χ1) is 9.84. The van der Waals surface area contributed by atoms with Gasteiger partial charge in [-0.25, -0.2) is 4.98 Å². The number of likely N-dealkylation sites (N-methyl/N-ethyl adjacent to an activating group) is 1. The van der Waals surface area contributed by atoms with E-state index >= 15 is 0 Å². The summed E-state index contributed by atoms with van der Waals surface area (Å²) < 4.78 is 40.9. The minimum Gasteiger partial charge on any atom is -0.323 e. The lowest BCUT2D eigenvalue weighted by Crippen LogP contribution is -2.33. The topological polar surface area (TPSA) is 33.1 Å². The molecule has 0 bridgehead atoms. The first-order valence-electron chi connectivity index (χ1n) is 7.41. The third-order valence-electron chi connectivity index (χ3n) is 4.26. The molecule has 1 aliphatic heterocycles. The lowest BCUT2D eigenvalue weighted by molar-refractivity contribution is -0.147. The summed E-state index contributed by atoms with van der Waals surface area (Å²) >= 11 is 0. The van der Waals surface area contributed by atoms with Gasteiger partial charge in [-0.15, -0.1) is 0 Å². The van der Waals surface area contributed by atoms with E-state index in [-0.39, 0.29) is 0 Å². The molecule has 0 fully saturated rings. The van der Waals surface area contributed by atoms with E-state index in [1.54, 1.807) is 0 Å². The SMILES string of the molecule is CCC(C)N(C)CCn1c(C(F)(F)F)nc2c1CCNC2. The van der Waals surface area contributed by atoms with Crippen LogP contribution in [0.4, 0.5) is 13.2 Å². The molecule has 1 atom stereocenters. The quantitative estimate of drug-likeness (QED) is 0.906. The molecule has 0 saturated carbocycles. The Kier molecular flexibility index (Phi) is 4.93. The van der Waals surface area contributed by atoms with E-state index in [2.05, 4.69) is 29.0 Å². The van der Waals surface area contributed by atoms with Crippen LogP contribution < -0.4 is 5.32 Å². The van der Waals surface area contributed by atoms with Gasteiger partial charge >= 0.3 is 6.18 Å². The third-order valence-corrected chi connectivity index (χ3v) is 4.26. The summed E-state index contributed by atoms with van der Waals surface area (Å²) in [6.45, 7) is 6.21. The summed E-state index contributed by atoms with van der Waals surface area (Å²) in [4.78, 5) is 5.91. The first kappa shape index (κ1) is 16.3. The van der Waals surface area contributed by atoms with Crippen LogP contribution in [-0.2, 0) is 25.7 Å². The molecule has 0 aromatic carbocycles. The molecule has 1 unspecified atom stereocenters. The molecule has 0 spiro atoms. The second kappa shape index (κ2) is 6.36. The van der Waals surface area contributed by atoms with Gasteiger partial charge in [-0.2, -0.15) is 13.2 Å². The second-order valence-electron chi connectivity index (χ2n) is 5.64. The van der Waals surface area contributed by atoms with Gasteiger partial charge < -0.3 is 14.8 Å². The van der Waals surface area contributed by atoms with Crippen molar-refractivity contribution in [3.05, 3.63) is 17.2 Å². The monoisotopic (exact) mass is 304 g/mol. The van der Waals surface area contributed by atoms with Crippen LogP contribution in [0.3, 0.4) is 0 Å². The number of aromatic nitrogens is 2. The summed E-state index contributed by atoms with van der Waals surface area (Å²) in [5, 5.41) is 3.07. The first-order valence-corrected chi connectivity index (χ1v) is 7.41. The maximum Gasteiger partial charge on any atom is 0.449 e. The molecule has 1 aromatic rings. The lowest BCUT2D eigenvalue weighted by Gasteiger charge is -2.25. The van der Waals surface area contributed by atoms with Crippen LogP contribution in [-0.4, -0.2) is 40.6 Å². The number of halogens is 3. The maximum absolute atomic E-state index is 13.2. The van der Waals surface area contributed by atoms with Gasteiger partial charge in [0.2, 0.25) is 5.82 Å². The van der Waals surface area contributed by atoms with Crippen LogP contribution in [0.2, 0.25) is 0 Å². The Morgan fingerprint density at radius 1 is 1.43 bits per heavy atom. The summed E-state index contributed by atoms with van der Waals surface area (Å²) in [5.41, 5.74) is 1.28. The Hall–Kier alpha value is -1.08. The zero-order valence-corrected chi connectivity index (χ0v) is 12.8. The van der Waals surface area contributed by atoms with E-state index in [1.165, 1.54) is 4.57 Å². The summed E-state index contributed by atoms with van der Waals surface area (Å²) in [6, 6.07) is 0.361. The standard InChI is InChI=1S/C14H23F3N4/c1-4-10(2)20(3)7-8-21-12-5-6-18-9-11(12)19-13(21)14(15,16)17/h10,18H,4-9H2,1-3H3. The lowest BCUT2D eigenvalue weighted by atomic mass is 10.2. The number of nitrogens with zero attached hydrogens (tertiary/aromatic N) is 3. The molecule has 0 amide bonds. The van der Waals surface area contributed by atoms with Gasteiger partial charge in [0.05, 0.1) is 5.69 Å². The molecule has 2 heterocycles. The summed E-state index contributed by atoms with van der Waals surface area (Å²) in [5.74, 6) is -0.756. The third kappa shape index (κ3) is 3.58. The Balaban J connectivity index is 2.22. The number of alkyl halides is 3. The highest BCUT2D eigenvalue weighted by Crippen LogP contribution is 2.31. The van der Waals surface area contributed by atoms with E-state index in [4.69, 9.17) is 0 Å². The Morgan fingerprint density at radius 3 is 2.76 bits per heavy atom. The molecular weight excluding hydrogens is 281 g/mol. The normalized spacial score (nSPS) is 17.1. The zero-order chi connectivity index (χ0) is 15.6. The molecule has 2 rings (SSSR count). The van der Waals surface area contributed by atoms with E-state index in [0.29, 0.717) is 44.3 Å². The van der Waals surface area contributed by atoms with Crippen molar-refractivity contribution in [2.75, 3.05) is 20.1 Å². The average Bonchev–Trinajstić information content (AvgIpc) is 2.82. The molecule has 21 heavy (non-hydrogen) atoms. The maximum atomic E-state index is 13.2. The molecule has 1 aromatic heterocycles. The Morgan fingerprint density at radius 2 is 2.14 bits per heavy atom. The summed E-state index contributed by atoms with van der Waals surface area (Å²) in [7, 11) is 1.95. The Bertz CT molecular complexity index is 481. The number of imidazole rings is 1. The average molecular weight is 304 g/mol. The predicted octanol–water partition coefficient (Wildman–Crippen LogP) is 2.28. The number of rotatable bonds is 5. The Labute approximate surface area is 123 Å². The van der Waals surface area contributed by atoms with Crippen molar-refractivity contribution in [1.82, 2.24) is 19.8 Å². The van der Waals surface area contributed by atoms with E-state index in [1.807, 2.05) is 7.05 Å². The van der Waals surface area contributed by atoms with Crippen molar-refractivity contribution >= 4 is 0 Å². The van der Waals surface area contributed by atoms with Crippen LogP contribution in [0, 0.1) is 0 Å². The van der Waals surface area contributed by atoms with Crippen LogP contribution in [0.15, 0.2) is 0 Å². The van der Waals surface area contributed by atoms with Gasteiger partial charge in [-0.3, -0.25) is 0 Å². The van der Waals surface area contributed by atoms with Crippen molar-refractivity contribution in [2.24, 2.45) is 0 Å². The largest absolute Gasteiger partial charge is 0.449 e. The molecular formula is C14H23F3N4. The molecule has 0 aliphatic carbocycles. The highest BCUT2D eigenvalue weighted by atomic mass is 19.4. The van der Waals surface area contributed by atoms with Crippen molar-refractivity contribution < 1.29 is 13.2 Å². The van der Waals surface area contributed by atoms with Gasteiger partial charge in [0.15, 0.2) is 0 Å². The molecule has 1 N–H and O–H groups in total. The van der Waals surface area contributed by atoms with E-state index < -0.39 is 12.0 Å². The van der Waals surface area contributed by atoms with Crippen LogP contribution in [0.1, 0.15) is 37.5 Å². The van der Waals surface area contributed by atoms with Crippen molar-refractivity contribution in [2.45, 2.75) is 52.0 Å². The van der Waals surface area contributed by atoms with E-state index in [0.717, 1.165) is 12.1 Å². The van der Waals surface area contributed by atoms with Crippen LogP contribution >= 0.6 is 0 Å². The minimum atomic E-state index is -4.40. The fourth-order valence-corrected chi connectivity index (χ4v) is 2.62. The van der Waals surface area contributed by atoms with Gasteiger partial charge in [0, 0.05) is 44.3 Å². The van der Waals surface area contributed by atoms with Crippen LogP contribution in [0.25, 0.3) is 0 Å². The van der Waals surface area contributed by atoms with Gasteiger partial charge in [-0.1, -0.05) is 6.92 Å². The molecule has 4 nitrogen and oxygen atoms in total. The number of hydrogen-bond acceptors (Lipinski definition) is 3. The summed E-state index contributed by atoms with van der Waals surface area (Å²) in [6.07, 6.45) is -2.81. The number of nitrogens with one attached hydrogen (secondary N) is 1. The minimum absolute atomic E-state index is 0.331. The molecule has 0 radical (unpaired) electrons. The zero-order valence-electron chi connectivity index (χ0n) is 12.8. The number of fused-ring (bicyclic) bond motifs is 1. The molecule has 7 heteroatoms. The number of hydrogen-bond donors (Lipinski definition) is 1. The fourth-order valence-electron chi connectivity index (χ4n) is 2.62. The van der Waals surface area contributed by atoms with Crippen molar-refractivity contribution in [3.63, 3.8) is 0 Å². The van der Waals surface area contributed by atoms with Gasteiger partial charge in [-0.05, 0) is 20.4 Å². The fraction of sp³-hybridized carbons (Fsp3) is 0.786. The van der Waals surface area contributed by atoms with Gasteiger partial charge in [0.25, 0.3) is 0 Å². The van der Waals surface area contributed by atoms with Gasteiger partial charge in [0.1, 0.15) is 0 Å². The molecule has 1 aliphatic rings. The highest BCUT2D eigenvalue weighted by molar-refractivity contribution is 5.21. The van der Waals surface area contributed by atoms with Crippen molar-refractivity contribution in [3.8, 4) is 0 Å². The smallest absolute Gasteiger partial charge is 0.323 e. The predicted molar refractivity (Wildman–Crippen MR) is 75.0 cm³/mol. The van der Waals surface area contributed by atoms with Crippen LogP contribution in [0.5, 0.6) is 0 Å². The van der Waals surface area contributed by atoms with E-state index in [9.17, 15) is 13.2 Å². The second-order valence-corrected chi connectivity index (χ2v) is 5.64.